The molecule has 0 aromatic heterocycles. The fourth-order valence-electron chi connectivity index (χ4n) is 2.88. The predicted octanol–water partition coefficient (Wildman–Crippen LogP) is 2.58. The third kappa shape index (κ3) is 4.57. The van der Waals surface area contributed by atoms with Crippen molar-refractivity contribution in [2.45, 2.75) is 0 Å². The number of para-hydroxylation sites is 1. The average Bonchev–Trinajstić information content (AvgIpc) is 2.71. The van der Waals surface area contributed by atoms with E-state index in [0.29, 0.717) is 48.1 Å². The quantitative estimate of drug-likeness (QED) is 0.813. The summed E-state index contributed by atoms with van der Waals surface area (Å²) in [6, 6.07) is 15.7. The van der Waals surface area contributed by atoms with Crippen LogP contribution in [0.2, 0.25) is 5.02 Å². The molecule has 0 bridgehead atoms. The molecule has 27 heavy (non-hydrogen) atoms. The van der Waals surface area contributed by atoms with E-state index in [0.717, 1.165) is 0 Å². The van der Waals surface area contributed by atoms with Crippen molar-refractivity contribution in [2.75, 3.05) is 32.8 Å². The maximum absolute atomic E-state index is 12.5. The smallest absolute Gasteiger partial charge is 0.260 e. The van der Waals surface area contributed by atoms with Gasteiger partial charge in [0.05, 0.1) is 5.56 Å². The number of hydrogen-bond acceptors (Lipinski definition) is 4. The summed E-state index contributed by atoms with van der Waals surface area (Å²) < 4.78 is 5.49. The van der Waals surface area contributed by atoms with Crippen molar-refractivity contribution < 1.29 is 14.3 Å². The third-order valence-corrected chi connectivity index (χ3v) is 4.58. The van der Waals surface area contributed by atoms with Crippen LogP contribution in [0.4, 0.5) is 0 Å². The summed E-state index contributed by atoms with van der Waals surface area (Å²) in [7, 11) is 0. The Labute approximate surface area is 162 Å². The van der Waals surface area contributed by atoms with Crippen LogP contribution in [0.25, 0.3) is 0 Å². The Balaban J connectivity index is 1.52. The van der Waals surface area contributed by atoms with Crippen molar-refractivity contribution in [3.8, 4) is 11.8 Å². The van der Waals surface area contributed by atoms with Crippen molar-refractivity contribution in [1.82, 2.24) is 9.80 Å². The van der Waals surface area contributed by atoms with Crippen molar-refractivity contribution >= 4 is 23.4 Å². The molecule has 0 spiro atoms. The standard InChI is InChI=1S/C20H18ClN3O3/c21-17-6-3-5-15(12-17)20(26)24-10-8-23(9-11-24)19(25)14-27-18-7-2-1-4-16(18)13-22/h1-7,12H,8-11,14H2. The summed E-state index contributed by atoms with van der Waals surface area (Å²) >= 11 is 5.94. The summed E-state index contributed by atoms with van der Waals surface area (Å²) in [6.07, 6.45) is 0. The molecule has 0 unspecified atom stereocenters. The third-order valence-electron chi connectivity index (χ3n) is 4.35. The molecular formula is C20H18ClN3O3. The van der Waals surface area contributed by atoms with Gasteiger partial charge in [-0.2, -0.15) is 5.26 Å². The lowest BCUT2D eigenvalue weighted by Crippen LogP contribution is -2.51. The molecule has 2 aromatic rings. The fourth-order valence-corrected chi connectivity index (χ4v) is 3.07. The van der Waals surface area contributed by atoms with E-state index in [-0.39, 0.29) is 18.4 Å². The zero-order valence-corrected chi connectivity index (χ0v) is 15.4. The highest BCUT2D eigenvalue weighted by atomic mass is 35.5. The molecule has 1 saturated heterocycles. The van der Waals surface area contributed by atoms with Crippen LogP contribution in [0.1, 0.15) is 15.9 Å². The monoisotopic (exact) mass is 383 g/mol. The Bertz CT molecular complexity index is 886. The molecule has 0 saturated carbocycles. The maximum atomic E-state index is 12.5. The van der Waals surface area contributed by atoms with Crippen molar-refractivity contribution in [3.63, 3.8) is 0 Å². The number of halogens is 1. The summed E-state index contributed by atoms with van der Waals surface area (Å²) in [5.74, 6) is 0.129. The first-order chi connectivity index (χ1) is 13.1. The summed E-state index contributed by atoms with van der Waals surface area (Å²) in [5.41, 5.74) is 0.931. The first-order valence-corrected chi connectivity index (χ1v) is 8.91. The van der Waals surface area contributed by atoms with E-state index in [1.807, 2.05) is 6.07 Å². The van der Waals surface area contributed by atoms with Gasteiger partial charge in [-0.1, -0.05) is 29.8 Å². The molecule has 6 nitrogen and oxygen atoms in total. The van der Waals surface area contributed by atoms with Gasteiger partial charge in [0.15, 0.2) is 6.61 Å². The van der Waals surface area contributed by atoms with E-state index in [2.05, 4.69) is 0 Å². The lowest BCUT2D eigenvalue weighted by atomic mass is 10.2. The minimum atomic E-state index is -0.169. The van der Waals surface area contributed by atoms with Crippen molar-refractivity contribution in [2.24, 2.45) is 0 Å². The Kier molecular flexibility index (Phi) is 5.94. The molecule has 1 aliphatic rings. The molecule has 0 radical (unpaired) electrons. The molecule has 138 valence electrons. The number of carbonyl (C=O) groups excluding carboxylic acids is 2. The van der Waals surface area contributed by atoms with Gasteiger partial charge in [0.25, 0.3) is 11.8 Å². The van der Waals surface area contributed by atoms with Gasteiger partial charge in [-0.05, 0) is 30.3 Å². The van der Waals surface area contributed by atoms with Gasteiger partial charge in [0.1, 0.15) is 11.8 Å². The fraction of sp³-hybridized carbons (Fsp3) is 0.250. The second-order valence-electron chi connectivity index (χ2n) is 6.08. The van der Waals surface area contributed by atoms with Crippen LogP contribution in [-0.4, -0.2) is 54.4 Å². The van der Waals surface area contributed by atoms with Crippen LogP contribution >= 0.6 is 11.6 Å². The van der Waals surface area contributed by atoms with Crippen LogP contribution < -0.4 is 4.74 Å². The zero-order valence-electron chi connectivity index (χ0n) is 14.6. The van der Waals surface area contributed by atoms with Crippen LogP contribution in [0, 0.1) is 11.3 Å². The number of nitrogens with zero attached hydrogens (tertiary/aromatic N) is 3. The average molecular weight is 384 g/mol. The molecule has 1 heterocycles. The molecule has 0 aliphatic carbocycles. The highest BCUT2D eigenvalue weighted by Crippen LogP contribution is 2.17. The van der Waals surface area contributed by atoms with E-state index in [1.54, 1.807) is 58.3 Å². The van der Waals surface area contributed by atoms with Gasteiger partial charge in [0, 0.05) is 36.8 Å². The number of amides is 2. The molecule has 1 fully saturated rings. The minimum Gasteiger partial charge on any atom is -0.482 e. The van der Waals surface area contributed by atoms with Crippen LogP contribution in [0.5, 0.6) is 5.75 Å². The lowest BCUT2D eigenvalue weighted by molar-refractivity contribution is -0.134. The number of piperazine rings is 1. The maximum Gasteiger partial charge on any atom is 0.260 e. The Hall–Kier alpha value is -3.04. The van der Waals surface area contributed by atoms with Gasteiger partial charge in [-0.15, -0.1) is 0 Å². The van der Waals surface area contributed by atoms with E-state index < -0.39 is 0 Å². The molecule has 1 aliphatic heterocycles. The van der Waals surface area contributed by atoms with Crippen molar-refractivity contribution in [3.05, 3.63) is 64.7 Å². The lowest BCUT2D eigenvalue weighted by Gasteiger charge is -2.34. The second-order valence-corrected chi connectivity index (χ2v) is 6.52. The second kappa shape index (κ2) is 8.56. The van der Waals surface area contributed by atoms with E-state index in [9.17, 15) is 9.59 Å². The van der Waals surface area contributed by atoms with Gasteiger partial charge < -0.3 is 14.5 Å². The highest BCUT2D eigenvalue weighted by Gasteiger charge is 2.25. The summed E-state index contributed by atoms with van der Waals surface area (Å²) in [6.45, 7) is 1.64. The molecular weight excluding hydrogens is 366 g/mol. The topological polar surface area (TPSA) is 73.6 Å². The van der Waals surface area contributed by atoms with E-state index >= 15 is 0 Å². The number of hydrogen-bond donors (Lipinski definition) is 0. The molecule has 7 heteroatoms. The molecule has 0 N–H and O–H groups in total. The van der Waals surface area contributed by atoms with Gasteiger partial charge in [-0.25, -0.2) is 0 Å². The van der Waals surface area contributed by atoms with Gasteiger partial charge in [0.2, 0.25) is 0 Å². The van der Waals surface area contributed by atoms with Gasteiger partial charge >= 0.3 is 0 Å². The van der Waals surface area contributed by atoms with E-state index in [4.69, 9.17) is 21.6 Å². The van der Waals surface area contributed by atoms with Gasteiger partial charge in [-0.3, -0.25) is 9.59 Å². The van der Waals surface area contributed by atoms with Crippen molar-refractivity contribution in [1.29, 1.82) is 5.26 Å². The Morgan fingerprint density at radius 3 is 2.44 bits per heavy atom. The molecule has 3 rings (SSSR count). The minimum absolute atomic E-state index is 0.0937. The highest BCUT2D eigenvalue weighted by molar-refractivity contribution is 6.30. The molecule has 2 aromatic carbocycles. The first-order valence-electron chi connectivity index (χ1n) is 8.53. The zero-order chi connectivity index (χ0) is 19.2. The summed E-state index contributed by atoms with van der Waals surface area (Å²) in [5, 5.41) is 9.57. The normalized spacial score (nSPS) is 13.8. The number of carbonyl (C=O) groups is 2. The number of benzene rings is 2. The number of nitriles is 1. The number of ether oxygens (including phenoxy) is 1. The molecule has 0 atom stereocenters. The SMILES string of the molecule is N#Cc1ccccc1OCC(=O)N1CCN(C(=O)c2cccc(Cl)c2)CC1. The first kappa shape index (κ1) is 18.7. The van der Waals surface area contributed by atoms with E-state index in [1.165, 1.54) is 0 Å². The molecule has 2 amide bonds. The van der Waals surface area contributed by atoms with Crippen LogP contribution in [-0.2, 0) is 4.79 Å². The summed E-state index contributed by atoms with van der Waals surface area (Å²) in [4.78, 5) is 28.3. The Morgan fingerprint density at radius 2 is 1.74 bits per heavy atom. The largest absolute Gasteiger partial charge is 0.482 e. The number of rotatable bonds is 4. The van der Waals surface area contributed by atoms with Crippen LogP contribution in [0.3, 0.4) is 0 Å². The predicted molar refractivity (Wildman–Crippen MR) is 101 cm³/mol. The Morgan fingerprint density at radius 1 is 1.04 bits per heavy atom. The van der Waals surface area contributed by atoms with Crippen LogP contribution in [0.15, 0.2) is 48.5 Å².